The summed E-state index contributed by atoms with van der Waals surface area (Å²) in [5.41, 5.74) is 2.22. The summed E-state index contributed by atoms with van der Waals surface area (Å²) in [6, 6.07) is 12.7. The first-order valence-corrected chi connectivity index (χ1v) is 11.9. The first-order valence-electron chi connectivity index (χ1n) is 11.5. The Morgan fingerprint density at radius 3 is 2.74 bits per heavy atom. The number of ether oxygens (including phenoxy) is 1. The van der Waals surface area contributed by atoms with Crippen molar-refractivity contribution in [2.45, 2.75) is 38.6 Å². The molecule has 0 saturated carbocycles. The van der Waals surface area contributed by atoms with Crippen molar-refractivity contribution in [2.24, 2.45) is 5.92 Å². The highest BCUT2D eigenvalue weighted by atomic mass is 35.5. The van der Waals surface area contributed by atoms with Crippen molar-refractivity contribution in [3.8, 4) is 17.1 Å². The van der Waals surface area contributed by atoms with Crippen LogP contribution in [-0.4, -0.2) is 40.2 Å². The molecule has 3 aromatic rings. The van der Waals surface area contributed by atoms with Crippen LogP contribution in [0, 0.1) is 5.92 Å². The van der Waals surface area contributed by atoms with Gasteiger partial charge in [-0.3, -0.25) is 9.59 Å². The highest BCUT2D eigenvalue weighted by Gasteiger charge is 2.36. The summed E-state index contributed by atoms with van der Waals surface area (Å²) >= 11 is 6.12. The monoisotopic (exact) mass is 479 g/mol. The molecule has 1 N–H and O–H groups in total. The third kappa shape index (κ3) is 4.37. The van der Waals surface area contributed by atoms with Crippen LogP contribution in [0.3, 0.4) is 0 Å². The van der Waals surface area contributed by atoms with Gasteiger partial charge in [0, 0.05) is 42.2 Å². The van der Waals surface area contributed by atoms with Crippen LogP contribution in [-0.2, 0) is 22.6 Å². The number of anilines is 2. The summed E-state index contributed by atoms with van der Waals surface area (Å²) in [6.07, 6.45) is 4.57. The molecule has 0 aliphatic carbocycles. The molecule has 0 bridgehead atoms. The number of hydrogen-bond donors (Lipinski definition) is 1. The number of hydrogen-bond acceptors (Lipinski definition) is 5. The lowest BCUT2D eigenvalue weighted by atomic mass is 10.1. The molecule has 8 nitrogen and oxygen atoms in total. The van der Waals surface area contributed by atoms with Crippen molar-refractivity contribution in [1.82, 2.24) is 14.8 Å². The summed E-state index contributed by atoms with van der Waals surface area (Å²) in [7, 11) is 1.54. The maximum Gasteiger partial charge on any atom is 0.229 e. The molecule has 9 heteroatoms. The fourth-order valence-electron chi connectivity index (χ4n) is 4.64. The summed E-state index contributed by atoms with van der Waals surface area (Å²) in [4.78, 5) is 27.2. The van der Waals surface area contributed by atoms with E-state index in [4.69, 9.17) is 16.3 Å². The molecule has 2 amide bonds. The molecule has 0 spiro atoms. The van der Waals surface area contributed by atoms with Crippen LogP contribution in [0.2, 0.25) is 5.02 Å². The van der Waals surface area contributed by atoms with Gasteiger partial charge >= 0.3 is 0 Å². The second-order valence-corrected chi connectivity index (χ2v) is 9.13. The number of amides is 2. The average Bonchev–Trinajstić information content (AvgIpc) is 3.35. The van der Waals surface area contributed by atoms with Gasteiger partial charge < -0.3 is 19.5 Å². The molecule has 5 rings (SSSR count). The number of carbonyl (C=O) groups excluding carboxylic acids is 2. The van der Waals surface area contributed by atoms with Crippen molar-refractivity contribution in [2.75, 3.05) is 23.9 Å². The minimum Gasteiger partial charge on any atom is -0.495 e. The van der Waals surface area contributed by atoms with Gasteiger partial charge in [0.15, 0.2) is 5.82 Å². The van der Waals surface area contributed by atoms with Crippen molar-refractivity contribution >= 4 is 34.8 Å². The summed E-state index contributed by atoms with van der Waals surface area (Å²) in [6.45, 7) is 1.20. The Bertz CT molecular complexity index is 1220. The van der Waals surface area contributed by atoms with Gasteiger partial charge in [0.05, 0.1) is 18.7 Å². The van der Waals surface area contributed by atoms with Gasteiger partial charge in [-0.15, -0.1) is 10.2 Å². The molecule has 1 saturated heterocycles. The molecule has 1 fully saturated rings. The summed E-state index contributed by atoms with van der Waals surface area (Å²) in [5, 5.41) is 12.2. The minimum atomic E-state index is -0.469. The molecular formula is C25H26ClN5O3. The first-order chi connectivity index (χ1) is 16.5. The summed E-state index contributed by atoms with van der Waals surface area (Å²) in [5.74, 6) is 1.65. The van der Waals surface area contributed by atoms with Gasteiger partial charge in [-0.25, -0.2) is 0 Å². The molecule has 34 heavy (non-hydrogen) atoms. The third-order valence-corrected chi connectivity index (χ3v) is 6.68. The van der Waals surface area contributed by atoms with Crippen molar-refractivity contribution in [3.05, 3.63) is 53.3 Å². The first kappa shape index (κ1) is 22.4. The number of fused-ring (bicyclic) bond motifs is 1. The maximum absolute atomic E-state index is 12.9. The smallest absolute Gasteiger partial charge is 0.229 e. The number of nitrogens with zero attached hydrogens (tertiary/aromatic N) is 4. The second-order valence-electron chi connectivity index (χ2n) is 8.69. The topological polar surface area (TPSA) is 89.3 Å². The number of aryl methyl sites for hydroxylation is 1. The number of rotatable bonds is 5. The maximum atomic E-state index is 12.9. The molecule has 2 aliphatic rings. The van der Waals surface area contributed by atoms with Crippen molar-refractivity contribution in [1.29, 1.82) is 0 Å². The van der Waals surface area contributed by atoms with Crippen LogP contribution in [0.25, 0.3) is 11.4 Å². The van der Waals surface area contributed by atoms with E-state index in [0.717, 1.165) is 43.0 Å². The predicted molar refractivity (Wildman–Crippen MR) is 130 cm³/mol. The zero-order valence-corrected chi connectivity index (χ0v) is 19.7. The van der Waals surface area contributed by atoms with Crippen LogP contribution >= 0.6 is 11.6 Å². The van der Waals surface area contributed by atoms with E-state index in [1.165, 1.54) is 13.5 Å². The number of halogens is 1. The Labute approximate surface area is 202 Å². The van der Waals surface area contributed by atoms with E-state index in [-0.39, 0.29) is 24.8 Å². The Kier molecular flexibility index (Phi) is 6.24. The van der Waals surface area contributed by atoms with Crippen LogP contribution < -0.4 is 15.0 Å². The zero-order valence-electron chi connectivity index (χ0n) is 19.0. The molecule has 2 aromatic carbocycles. The van der Waals surface area contributed by atoms with E-state index in [1.807, 2.05) is 24.3 Å². The number of nitrogens with one attached hydrogen (secondary N) is 1. The molecule has 1 unspecified atom stereocenters. The predicted octanol–water partition coefficient (Wildman–Crippen LogP) is 4.33. The Morgan fingerprint density at radius 2 is 1.94 bits per heavy atom. The van der Waals surface area contributed by atoms with Gasteiger partial charge in [0.1, 0.15) is 11.6 Å². The standard InChI is InChI=1S/C25H26ClN5O3/c1-34-21-11-8-18(26)14-20(21)31-15-17(13-23(31)32)25(33)27-19-9-6-16(7-10-19)24-29-28-22-5-3-2-4-12-30(22)24/h6-11,14,17H,2-5,12-13,15H2,1H3,(H,27,33). The van der Waals surface area contributed by atoms with E-state index in [0.29, 0.717) is 22.1 Å². The highest BCUT2D eigenvalue weighted by Crippen LogP contribution is 2.35. The third-order valence-electron chi connectivity index (χ3n) is 6.45. The van der Waals surface area contributed by atoms with Crippen LogP contribution in [0.1, 0.15) is 31.5 Å². The molecule has 2 aliphatic heterocycles. The lowest BCUT2D eigenvalue weighted by molar-refractivity contribution is -0.122. The van der Waals surface area contributed by atoms with E-state index in [9.17, 15) is 9.59 Å². The minimum absolute atomic E-state index is 0.130. The number of benzene rings is 2. The lowest BCUT2D eigenvalue weighted by Gasteiger charge is -2.20. The van der Waals surface area contributed by atoms with E-state index >= 15 is 0 Å². The Hall–Kier alpha value is -3.39. The van der Waals surface area contributed by atoms with E-state index < -0.39 is 5.92 Å². The molecule has 3 heterocycles. The van der Waals surface area contributed by atoms with Crippen molar-refractivity contribution in [3.63, 3.8) is 0 Å². The number of aromatic nitrogens is 3. The largest absolute Gasteiger partial charge is 0.495 e. The lowest BCUT2D eigenvalue weighted by Crippen LogP contribution is -2.28. The number of carbonyl (C=O) groups is 2. The molecular weight excluding hydrogens is 454 g/mol. The second kappa shape index (κ2) is 9.46. The van der Waals surface area contributed by atoms with Crippen LogP contribution in [0.15, 0.2) is 42.5 Å². The highest BCUT2D eigenvalue weighted by molar-refractivity contribution is 6.31. The van der Waals surface area contributed by atoms with Crippen LogP contribution in [0.5, 0.6) is 5.75 Å². The van der Waals surface area contributed by atoms with Gasteiger partial charge in [0.2, 0.25) is 11.8 Å². The van der Waals surface area contributed by atoms with Gasteiger partial charge in [0.25, 0.3) is 0 Å². The van der Waals surface area contributed by atoms with Gasteiger partial charge in [-0.2, -0.15) is 0 Å². The molecule has 1 atom stereocenters. The fraction of sp³-hybridized carbons (Fsp3) is 0.360. The molecule has 176 valence electrons. The average molecular weight is 480 g/mol. The van der Waals surface area contributed by atoms with E-state index in [1.54, 1.807) is 23.1 Å². The Balaban J connectivity index is 1.27. The summed E-state index contributed by atoms with van der Waals surface area (Å²) < 4.78 is 7.57. The Morgan fingerprint density at radius 1 is 1.12 bits per heavy atom. The van der Waals surface area contributed by atoms with Gasteiger partial charge in [-0.05, 0) is 55.3 Å². The normalized spacial score (nSPS) is 17.9. The van der Waals surface area contributed by atoms with Gasteiger partial charge in [-0.1, -0.05) is 18.0 Å². The SMILES string of the molecule is COc1ccc(Cl)cc1N1CC(C(=O)Nc2ccc(-c3nnc4n3CCCCC4)cc2)CC1=O. The fourth-order valence-corrected chi connectivity index (χ4v) is 4.80. The zero-order chi connectivity index (χ0) is 23.7. The quantitative estimate of drug-likeness (QED) is 0.588. The van der Waals surface area contributed by atoms with Crippen molar-refractivity contribution < 1.29 is 14.3 Å². The van der Waals surface area contributed by atoms with E-state index in [2.05, 4.69) is 20.1 Å². The van der Waals surface area contributed by atoms with Crippen LogP contribution in [0.4, 0.5) is 11.4 Å². The molecule has 0 radical (unpaired) electrons. The molecule has 1 aromatic heterocycles. The number of methoxy groups -OCH3 is 1.